The molecule has 112 valence electrons. The molecule has 1 amide bonds. The van der Waals surface area contributed by atoms with Gasteiger partial charge in [0.1, 0.15) is 5.82 Å². The molecule has 5 heteroatoms. The molecule has 1 fully saturated rings. The van der Waals surface area contributed by atoms with Crippen molar-refractivity contribution in [3.8, 4) is 0 Å². The van der Waals surface area contributed by atoms with E-state index < -0.39 is 0 Å². The molecule has 1 atom stereocenters. The quantitative estimate of drug-likeness (QED) is 0.852. The number of fused-ring (bicyclic) bond motifs is 1. The third kappa shape index (κ3) is 2.52. The van der Waals surface area contributed by atoms with E-state index in [0.29, 0.717) is 5.92 Å². The van der Waals surface area contributed by atoms with Crippen molar-refractivity contribution in [3.63, 3.8) is 0 Å². The zero-order valence-electron chi connectivity index (χ0n) is 12.9. The van der Waals surface area contributed by atoms with Crippen molar-refractivity contribution in [1.29, 1.82) is 0 Å². The summed E-state index contributed by atoms with van der Waals surface area (Å²) in [6.07, 6.45) is 7.76. The molecule has 21 heavy (non-hydrogen) atoms. The van der Waals surface area contributed by atoms with Crippen LogP contribution >= 0.6 is 0 Å². The lowest BCUT2D eigenvalue weighted by molar-refractivity contribution is -0.135. The molecule has 1 aliphatic rings. The second kappa shape index (κ2) is 5.47. The maximum atomic E-state index is 12.2. The Balaban J connectivity index is 1.92. The molecule has 3 rings (SSSR count). The largest absolute Gasteiger partial charge is 0.342 e. The lowest BCUT2D eigenvalue weighted by Crippen LogP contribution is -2.41. The molecule has 1 saturated heterocycles. The highest BCUT2D eigenvalue weighted by atomic mass is 16.2. The molecule has 0 N–H and O–H groups in total. The average molecular weight is 286 g/mol. The van der Waals surface area contributed by atoms with Gasteiger partial charge >= 0.3 is 0 Å². The summed E-state index contributed by atoms with van der Waals surface area (Å²) >= 11 is 0. The molecule has 3 heterocycles. The van der Waals surface area contributed by atoms with Gasteiger partial charge in [-0.2, -0.15) is 0 Å². The Morgan fingerprint density at radius 3 is 2.90 bits per heavy atom. The van der Waals surface area contributed by atoms with Crippen molar-refractivity contribution in [1.82, 2.24) is 19.3 Å². The Morgan fingerprint density at radius 2 is 2.14 bits per heavy atom. The van der Waals surface area contributed by atoms with E-state index in [9.17, 15) is 4.79 Å². The molecule has 0 spiro atoms. The van der Waals surface area contributed by atoms with Crippen LogP contribution < -0.4 is 0 Å². The molecule has 0 unspecified atom stereocenters. The predicted octanol–water partition coefficient (Wildman–Crippen LogP) is 2.40. The van der Waals surface area contributed by atoms with Crippen LogP contribution in [-0.4, -0.2) is 38.3 Å². The molecular formula is C16H22N4O. The molecule has 5 nitrogen and oxygen atoms in total. The lowest BCUT2D eigenvalue weighted by atomic mass is 9.94. The Bertz CT molecular complexity index is 661. The first-order chi connectivity index (χ1) is 10.1. The first-order valence-electron chi connectivity index (χ1n) is 7.64. The van der Waals surface area contributed by atoms with Crippen LogP contribution in [0.15, 0.2) is 18.6 Å². The zero-order valence-corrected chi connectivity index (χ0v) is 12.9. The summed E-state index contributed by atoms with van der Waals surface area (Å²) < 4.78 is 2.17. The van der Waals surface area contributed by atoms with E-state index in [2.05, 4.69) is 14.4 Å². The first kappa shape index (κ1) is 14.0. The molecule has 2 aromatic rings. The van der Waals surface area contributed by atoms with Crippen LogP contribution in [0.4, 0.5) is 0 Å². The van der Waals surface area contributed by atoms with Crippen molar-refractivity contribution in [3.05, 3.63) is 30.1 Å². The second-order valence-corrected chi connectivity index (χ2v) is 6.18. The van der Waals surface area contributed by atoms with Gasteiger partial charge in [0, 0.05) is 36.8 Å². The van der Waals surface area contributed by atoms with Crippen LogP contribution in [0, 0.1) is 12.8 Å². The van der Waals surface area contributed by atoms with E-state index in [0.717, 1.165) is 37.3 Å². The molecule has 0 aliphatic carbocycles. The number of hydrogen-bond acceptors (Lipinski definition) is 3. The molecule has 2 aromatic heterocycles. The van der Waals surface area contributed by atoms with Crippen LogP contribution in [0.5, 0.6) is 0 Å². The standard InChI is InChI=1S/C16H22N4O/c1-11(2)16(21)19-6-4-5-13(10-19)15-9-17-7-14-8-18-12(3)20(14)15/h7-9,11,13H,4-6,10H2,1-3H3/t13-/m1/s1. The van der Waals surface area contributed by atoms with E-state index in [1.54, 1.807) is 0 Å². The normalized spacial score (nSPS) is 19.4. The van der Waals surface area contributed by atoms with E-state index in [1.165, 1.54) is 5.69 Å². The van der Waals surface area contributed by atoms with Gasteiger partial charge < -0.3 is 4.90 Å². The minimum atomic E-state index is 0.0626. The summed E-state index contributed by atoms with van der Waals surface area (Å²) in [6, 6.07) is 0. The molecule has 0 aromatic carbocycles. The average Bonchev–Trinajstić information content (AvgIpc) is 2.88. The van der Waals surface area contributed by atoms with E-state index >= 15 is 0 Å². The number of hydrogen-bond donors (Lipinski definition) is 0. The summed E-state index contributed by atoms with van der Waals surface area (Å²) in [4.78, 5) is 23.0. The number of nitrogens with zero attached hydrogens (tertiary/aromatic N) is 4. The first-order valence-corrected chi connectivity index (χ1v) is 7.64. The van der Waals surface area contributed by atoms with Gasteiger partial charge in [0.15, 0.2) is 0 Å². The van der Waals surface area contributed by atoms with Gasteiger partial charge in [0.2, 0.25) is 5.91 Å². The number of likely N-dealkylation sites (tertiary alicyclic amines) is 1. The van der Waals surface area contributed by atoms with Gasteiger partial charge in [0.05, 0.1) is 17.9 Å². The molecule has 0 saturated carbocycles. The maximum Gasteiger partial charge on any atom is 0.225 e. The Morgan fingerprint density at radius 1 is 1.33 bits per heavy atom. The highest BCUT2D eigenvalue weighted by Crippen LogP contribution is 2.28. The summed E-state index contributed by atoms with van der Waals surface area (Å²) in [6.45, 7) is 7.61. The van der Waals surface area contributed by atoms with Crippen LogP contribution in [0.3, 0.4) is 0 Å². The number of imidazole rings is 1. The minimum absolute atomic E-state index is 0.0626. The number of rotatable bonds is 2. The molecular weight excluding hydrogens is 264 g/mol. The fourth-order valence-corrected chi connectivity index (χ4v) is 3.21. The number of amides is 1. The van der Waals surface area contributed by atoms with Crippen molar-refractivity contribution in [2.75, 3.05) is 13.1 Å². The van der Waals surface area contributed by atoms with Crippen molar-refractivity contribution in [2.24, 2.45) is 5.92 Å². The maximum absolute atomic E-state index is 12.2. The minimum Gasteiger partial charge on any atom is -0.342 e. The monoisotopic (exact) mass is 286 g/mol. The summed E-state index contributed by atoms with van der Waals surface area (Å²) in [7, 11) is 0. The number of carbonyl (C=O) groups is 1. The van der Waals surface area contributed by atoms with Gasteiger partial charge in [-0.1, -0.05) is 13.8 Å². The summed E-state index contributed by atoms with van der Waals surface area (Å²) in [5, 5.41) is 0. The van der Waals surface area contributed by atoms with Gasteiger partial charge in [0.25, 0.3) is 0 Å². The van der Waals surface area contributed by atoms with E-state index in [1.807, 2.05) is 44.3 Å². The van der Waals surface area contributed by atoms with Crippen molar-refractivity contribution in [2.45, 2.75) is 39.5 Å². The highest BCUT2D eigenvalue weighted by molar-refractivity contribution is 5.78. The predicted molar refractivity (Wildman–Crippen MR) is 81.1 cm³/mol. The smallest absolute Gasteiger partial charge is 0.225 e. The molecule has 1 aliphatic heterocycles. The summed E-state index contributed by atoms with van der Waals surface area (Å²) in [5.74, 6) is 1.63. The second-order valence-electron chi connectivity index (χ2n) is 6.18. The highest BCUT2D eigenvalue weighted by Gasteiger charge is 2.27. The van der Waals surface area contributed by atoms with E-state index in [-0.39, 0.29) is 11.8 Å². The fourth-order valence-electron chi connectivity index (χ4n) is 3.21. The number of aromatic nitrogens is 3. The van der Waals surface area contributed by atoms with Crippen molar-refractivity contribution >= 4 is 11.4 Å². The summed E-state index contributed by atoms with van der Waals surface area (Å²) in [5.41, 5.74) is 2.20. The third-order valence-corrected chi connectivity index (χ3v) is 4.28. The number of aryl methyl sites for hydroxylation is 1. The van der Waals surface area contributed by atoms with Gasteiger partial charge in [-0.15, -0.1) is 0 Å². The SMILES string of the molecule is Cc1ncc2cncc([C@@H]3CCCN(C(=O)C(C)C)C3)n12. The fraction of sp³-hybridized carbons (Fsp3) is 0.562. The third-order valence-electron chi connectivity index (χ3n) is 4.28. The van der Waals surface area contributed by atoms with Crippen LogP contribution in [0.2, 0.25) is 0 Å². The van der Waals surface area contributed by atoms with Crippen LogP contribution in [0.1, 0.15) is 44.1 Å². The Hall–Kier alpha value is -1.91. The van der Waals surface area contributed by atoms with Gasteiger partial charge in [-0.05, 0) is 19.8 Å². The lowest BCUT2D eigenvalue weighted by Gasteiger charge is -2.34. The Labute approximate surface area is 125 Å². The number of piperidine rings is 1. The van der Waals surface area contributed by atoms with Crippen LogP contribution in [-0.2, 0) is 4.79 Å². The zero-order chi connectivity index (χ0) is 15.0. The van der Waals surface area contributed by atoms with Gasteiger partial charge in [-0.3, -0.25) is 14.2 Å². The molecule has 0 bridgehead atoms. The Kier molecular flexibility index (Phi) is 3.66. The van der Waals surface area contributed by atoms with Crippen molar-refractivity contribution < 1.29 is 4.79 Å². The topological polar surface area (TPSA) is 50.5 Å². The van der Waals surface area contributed by atoms with E-state index in [4.69, 9.17) is 0 Å². The van der Waals surface area contributed by atoms with Gasteiger partial charge in [-0.25, -0.2) is 4.98 Å². The molecule has 0 radical (unpaired) electrons. The number of carbonyl (C=O) groups excluding carboxylic acids is 1. The van der Waals surface area contributed by atoms with Crippen LogP contribution in [0.25, 0.3) is 5.52 Å².